The molecule has 1 atom stereocenters. The molecule has 0 radical (unpaired) electrons. The summed E-state index contributed by atoms with van der Waals surface area (Å²) in [6, 6.07) is 0. The van der Waals surface area contributed by atoms with Crippen molar-refractivity contribution in [3.63, 3.8) is 0 Å². The summed E-state index contributed by atoms with van der Waals surface area (Å²) in [5, 5.41) is 0. The normalized spacial score (nSPS) is 21.6. The van der Waals surface area contributed by atoms with Gasteiger partial charge in [-0.05, 0) is 36.7 Å². The molecule has 1 heterocycles. The van der Waals surface area contributed by atoms with E-state index in [9.17, 15) is 4.79 Å². The molecule has 1 fully saturated rings. The van der Waals surface area contributed by atoms with Crippen LogP contribution < -0.4 is 0 Å². The number of rotatable bonds is 7. The standard InChI is InChI=1S/C14H27NOS/c1-3-6-13-7-8-14(16)15(11-9-13)10-5-12-17-4-2/h13H,3-12H2,1-2H3. The van der Waals surface area contributed by atoms with Gasteiger partial charge in [0.05, 0.1) is 0 Å². The van der Waals surface area contributed by atoms with Gasteiger partial charge in [-0.3, -0.25) is 4.79 Å². The van der Waals surface area contributed by atoms with Gasteiger partial charge < -0.3 is 4.90 Å². The minimum Gasteiger partial charge on any atom is -0.343 e. The summed E-state index contributed by atoms with van der Waals surface area (Å²) >= 11 is 1.97. The monoisotopic (exact) mass is 257 g/mol. The highest BCUT2D eigenvalue weighted by Gasteiger charge is 2.21. The first-order valence-corrected chi connectivity index (χ1v) is 8.28. The van der Waals surface area contributed by atoms with E-state index in [1.165, 1.54) is 30.8 Å². The van der Waals surface area contributed by atoms with E-state index in [-0.39, 0.29) is 0 Å². The maximum absolute atomic E-state index is 11.9. The van der Waals surface area contributed by atoms with Crippen molar-refractivity contribution >= 4 is 17.7 Å². The summed E-state index contributed by atoms with van der Waals surface area (Å²) in [5.74, 6) is 3.56. The number of hydrogen-bond acceptors (Lipinski definition) is 2. The van der Waals surface area contributed by atoms with Gasteiger partial charge in [0, 0.05) is 19.5 Å². The third-order valence-corrected chi connectivity index (χ3v) is 4.53. The molecule has 3 heteroatoms. The molecule has 0 N–H and O–H groups in total. The number of thioether (sulfide) groups is 1. The van der Waals surface area contributed by atoms with Gasteiger partial charge in [0.2, 0.25) is 5.91 Å². The first-order valence-electron chi connectivity index (χ1n) is 7.13. The molecule has 0 aliphatic carbocycles. The van der Waals surface area contributed by atoms with Crippen LogP contribution in [0.5, 0.6) is 0 Å². The summed E-state index contributed by atoms with van der Waals surface area (Å²) in [7, 11) is 0. The Balaban J connectivity index is 2.27. The average molecular weight is 257 g/mol. The van der Waals surface area contributed by atoms with E-state index < -0.39 is 0 Å². The fourth-order valence-corrected chi connectivity index (χ4v) is 3.15. The lowest BCUT2D eigenvalue weighted by Gasteiger charge is -2.20. The van der Waals surface area contributed by atoms with Crippen LogP contribution in [0.4, 0.5) is 0 Å². The van der Waals surface area contributed by atoms with Crippen LogP contribution in [-0.4, -0.2) is 35.4 Å². The van der Waals surface area contributed by atoms with Crippen molar-refractivity contribution in [1.82, 2.24) is 4.90 Å². The maximum atomic E-state index is 11.9. The molecule has 0 bridgehead atoms. The lowest BCUT2D eigenvalue weighted by molar-refractivity contribution is -0.130. The minimum absolute atomic E-state index is 0.394. The first kappa shape index (κ1) is 14.9. The molecule has 1 saturated heterocycles. The summed E-state index contributed by atoms with van der Waals surface area (Å²) in [5.41, 5.74) is 0. The number of likely N-dealkylation sites (tertiary alicyclic amines) is 1. The molecule has 1 amide bonds. The second kappa shape index (κ2) is 8.84. The van der Waals surface area contributed by atoms with Crippen molar-refractivity contribution in [2.45, 2.75) is 52.4 Å². The molecule has 0 saturated carbocycles. The molecule has 2 nitrogen and oxygen atoms in total. The summed E-state index contributed by atoms with van der Waals surface area (Å²) in [6.07, 6.45) is 6.83. The van der Waals surface area contributed by atoms with Crippen LogP contribution >= 0.6 is 11.8 Å². The lowest BCUT2D eigenvalue weighted by atomic mass is 9.96. The van der Waals surface area contributed by atoms with Crippen molar-refractivity contribution in [2.24, 2.45) is 5.92 Å². The summed E-state index contributed by atoms with van der Waals surface area (Å²) < 4.78 is 0. The van der Waals surface area contributed by atoms with Crippen LogP contribution in [0.1, 0.15) is 52.4 Å². The molecular formula is C14H27NOS. The molecule has 0 aromatic heterocycles. The van der Waals surface area contributed by atoms with Crippen molar-refractivity contribution in [2.75, 3.05) is 24.6 Å². The van der Waals surface area contributed by atoms with E-state index in [2.05, 4.69) is 18.7 Å². The molecule has 1 aliphatic heterocycles. The maximum Gasteiger partial charge on any atom is 0.222 e. The quantitative estimate of drug-likeness (QED) is 0.650. The average Bonchev–Trinajstić information content (AvgIpc) is 2.50. The van der Waals surface area contributed by atoms with Gasteiger partial charge in [0.15, 0.2) is 0 Å². The topological polar surface area (TPSA) is 20.3 Å². The highest BCUT2D eigenvalue weighted by molar-refractivity contribution is 7.99. The number of hydrogen-bond donors (Lipinski definition) is 0. The third-order valence-electron chi connectivity index (χ3n) is 3.54. The Morgan fingerprint density at radius 3 is 2.88 bits per heavy atom. The van der Waals surface area contributed by atoms with Gasteiger partial charge in [-0.25, -0.2) is 0 Å². The molecule has 17 heavy (non-hydrogen) atoms. The number of nitrogens with zero attached hydrogens (tertiary/aromatic N) is 1. The predicted molar refractivity (Wildman–Crippen MR) is 76.4 cm³/mol. The van der Waals surface area contributed by atoms with E-state index in [0.717, 1.165) is 38.3 Å². The Morgan fingerprint density at radius 1 is 1.35 bits per heavy atom. The number of amides is 1. The second-order valence-electron chi connectivity index (χ2n) is 4.91. The van der Waals surface area contributed by atoms with E-state index in [1.807, 2.05) is 11.8 Å². The SMILES string of the molecule is CCCC1CCC(=O)N(CCCSCC)CC1. The van der Waals surface area contributed by atoms with Crippen LogP contribution in [0.2, 0.25) is 0 Å². The summed E-state index contributed by atoms with van der Waals surface area (Å²) in [6.45, 7) is 6.41. The van der Waals surface area contributed by atoms with Gasteiger partial charge in [-0.2, -0.15) is 11.8 Å². The zero-order valence-electron chi connectivity index (χ0n) is 11.4. The fourth-order valence-electron chi connectivity index (χ4n) is 2.53. The Labute approximate surface area is 111 Å². The Morgan fingerprint density at radius 2 is 2.18 bits per heavy atom. The third kappa shape index (κ3) is 5.80. The molecule has 100 valence electrons. The van der Waals surface area contributed by atoms with Crippen molar-refractivity contribution in [3.8, 4) is 0 Å². The predicted octanol–water partition coefficient (Wildman–Crippen LogP) is 3.56. The van der Waals surface area contributed by atoms with Crippen LogP contribution in [0.3, 0.4) is 0 Å². The zero-order valence-corrected chi connectivity index (χ0v) is 12.2. The van der Waals surface area contributed by atoms with Gasteiger partial charge in [-0.1, -0.05) is 26.7 Å². The van der Waals surface area contributed by atoms with Gasteiger partial charge in [0.1, 0.15) is 0 Å². The lowest BCUT2D eigenvalue weighted by Crippen LogP contribution is -2.31. The highest BCUT2D eigenvalue weighted by atomic mass is 32.2. The second-order valence-corrected chi connectivity index (χ2v) is 6.31. The molecule has 0 aromatic carbocycles. The summed E-state index contributed by atoms with van der Waals surface area (Å²) in [4.78, 5) is 14.1. The molecule has 0 aromatic rings. The van der Waals surface area contributed by atoms with Gasteiger partial charge in [-0.15, -0.1) is 0 Å². The van der Waals surface area contributed by atoms with E-state index in [0.29, 0.717) is 5.91 Å². The zero-order chi connectivity index (χ0) is 12.5. The molecule has 1 rings (SSSR count). The van der Waals surface area contributed by atoms with Crippen LogP contribution in [-0.2, 0) is 4.79 Å². The molecule has 1 unspecified atom stereocenters. The van der Waals surface area contributed by atoms with Crippen LogP contribution in [0, 0.1) is 5.92 Å². The molecule has 0 spiro atoms. The number of carbonyl (C=O) groups excluding carboxylic acids is 1. The highest BCUT2D eigenvalue weighted by Crippen LogP contribution is 2.22. The van der Waals surface area contributed by atoms with Gasteiger partial charge in [0.25, 0.3) is 0 Å². The van der Waals surface area contributed by atoms with Crippen LogP contribution in [0.25, 0.3) is 0 Å². The fraction of sp³-hybridized carbons (Fsp3) is 0.929. The van der Waals surface area contributed by atoms with E-state index >= 15 is 0 Å². The number of carbonyl (C=O) groups is 1. The van der Waals surface area contributed by atoms with Crippen molar-refractivity contribution in [1.29, 1.82) is 0 Å². The van der Waals surface area contributed by atoms with Crippen molar-refractivity contribution < 1.29 is 4.79 Å². The largest absolute Gasteiger partial charge is 0.343 e. The van der Waals surface area contributed by atoms with Crippen LogP contribution in [0.15, 0.2) is 0 Å². The molecular weight excluding hydrogens is 230 g/mol. The first-order chi connectivity index (χ1) is 8.27. The van der Waals surface area contributed by atoms with Gasteiger partial charge >= 0.3 is 0 Å². The Bertz CT molecular complexity index is 220. The van der Waals surface area contributed by atoms with E-state index in [1.54, 1.807) is 0 Å². The Kier molecular flexibility index (Phi) is 7.74. The molecule has 1 aliphatic rings. The minimum atomic E-state index is 0.394. The smallest absolute Gasteiger partial charge is 0.222 e. The Hall–Kier alpha value is -0.180. The van der Waals surface area contributed by atoms with E-state index in [4.69, 9.17) is 0 Å². The van der Waals surface area contributed by atoms with Crippen molar-refractivity contribution in [3.05, 3.63) is 0 Å².